The molecule has 172 valence electrons. The van der Waals surface area contributed by atoms with Gasteiger partial charge in [0.25, 0.3) is 0 Å². The molecule has 4 aromatic rings. The number of anilines is 1. The average molecular weight is 472 g/mol. The van der Waals surface area contributed by atoms with Crippen molar-refractivity contribution in [2.45, 2.75) is 30.3 Å². The van der Waals surface area contributed by atoms with E-state index in [2.05, 4.69) is 20.9 Å². The number of thioether (sulfide) groups is 1. The maximum absolute atomic E-state index is 13.4. The van der Waals surface area contributed by atoms with Crippen molar-refractivity contribution in [2.75, 3.05) is 17.3 Å². The lowest BCUT2D eigenvalue weighted by Crippen LogP contribution is -2.41. The molecular formula is C26H25N5O2S. The number of hydrogen-bond donors (Lipinski definition) is 2. The highest BCUT2D eigenvalue weighted by atomic mass is 32.2. The number of fused-ring (bicyclic) bond motifs is 1. The van der Waals surface area contributed by atoms with Gasteiger partial charge in [-0.1, -0.05) is 71.9 Å². The van der Waals surface area contributed by atoms with Crippen LogP contribution >= 0.6 is 11.8 Å². The van der Waals surface area contributed by atoms with E-state index in [0.29, 0.717) is 17.6 Å². The second kappa shape index (κ2) is 9.61. The summed E-state index contributed by atoms with van der Waals surface area (Å²) in [5.74, 6) is 1.40. The first-order valence-electron chi connectivity index (χ1n) is 11.2. The topological polar surface area (TPSA) is 81.1 Å². The van der Waals surface area contributed by atoms with Crippen molar-refractivity contribution in [3.63, 3.8) is 0 Å². The molecule has 0 spiro atoms. The molecule has 8 heteroatoms. The Morgan fingerprint density at radius 2 is 1.76 bits per heavy atom. The van der Waals surface area contributed by atoms with Gasteiger partial charge >= 0.3 is 0 Å². The number of amides is 1. The highest BCUT2D eigenvalue weighted by molar-refractivity contribution is 8.00. The maximum Gasteiger partial charge on any atom is 0.240 e. The molecule has 34 heavy (non-hydrogen) atoms. The van der Waals surface area contributed by atoms with E-state index < -0.39 is 5.25 Å². The van der Waals surface area contributed by atoms with Gasteiger partial charge in [-0.25, -0.2) is 4.68 Å². The molecule has 2 heterocycles. The fourth-order valence-electron chi connectivity index (χ4n) is 3.87. The van der Waals surface area contributed by atoms with Crippen LogP contribution in [0.2, 0.25) is 0 Å². The van der Waals surface area contributed by atoms with Crippen molar-refractivity contribution in [2.24, 2.45) is 0 Å². The number of carbonyl (C=O) groups excluding carboxylic acids is 1. The number of aryl methyl sites for hydroxylation is 1. The summed E-state index contributed by atoms with van der Waals surface area (Å²) in [6.45, 7) is 4.58. The third kappa shape index (κ3) is 4.49. The predicted octanol–water partition coefficient (Wildman–Crippen LogP) is 5.05. The van der Waals surface area contributed by atoms with Crippen molar-refractivity contribution in [1.29, 1.82) is 0 Å². The van der Waals surface area contributed by atoms with Crippen LogP contribution in [0.1, 0.15) is 24.1 Å². The number of nitrogens with zero attached hydrogens (tertiary/aromatic N) is 3. The van der Waals surface area contributed by atoms with E-state index in [0.717, 1.165) is 28.1 Å². The molecule has 0 aliphatic carbocycles. The molecule has 0 bridgehead atoms. The standard InChI is InChI=1S/C26H25N5O2S/c1-3-33-21-15-11-18(12-16-21)22-23(25(32)27-20-13-9-17(2)10-14-20)34-26-29-28-24(31(26)30-22)19-7-5-4-6-8-19/h4-16,22-23,30H,3H2,1-2H3,(H,27,32)/t22-,23-/m0/s1. The quantitative estimate of drug-likeness (QED) is 0.410. The van der Waals surface area contributed by atoms with E-state index in [1.807, 2.05) is 97.4 Å². The molecule has 0 fully saturated rings. The second-order valence-electron chi connectivity index (χ2n) is 8.01. The van der Waals surface area contributed by atoms with E-state index in [1.54, 1.807) is 0 Å². The fourth-order valence-corrected chi connectivity index (χ4v) is 4.95. The number of carbonyl (C=O) groups is 1. The first-order valence-corrected chi connectivity index (χ1v) is 12.0. The van der Waals surface area contributed by atoms with Gasteiger partial charge in [0.15, 0.2) is 5.82 Å². The van der Waals surface area contributed by atoms with Gasteiger partial charge in [0.05, 0.1) is 12.6 Å². The van der Waals surface area contributed by atoms with Crippen molar-refractivity contribution in [3.8, 4) is 17.1 Å². The van der Waals surface area contributed by atoms with Gasteiger partial charge < -0.3 is 15.5 Å². The molecule has 0 radical (unpaired) electrons. The van der Waals surface area contributed by atoms with Crippen LogP contribution < -0.4 is 15.5 Å². The molecule has 2 N–H and O–H groups in total. The minimum atomic E-state index is -0.459. The normalized spacial score (nSPS) is 16.9. The first-order chi connectivity index (χ1) is 16.6. The molecule has 0 saturated carbocycles. The van der Waals surface area contributed by atoms with Gasteiger partial charge in [0.2, 0.25) is 11.1 Å². The van der Waals surface area contributed by atoms with Gasteiger partial charge in [-0.05, 0) is 43.7 Å². The van der Waals surface area contributed by atoms with Crippen LogP contribution in [0, 0.1) is 6.92 Å². The summed E-state index contributed by atoms with van der Waals surface area (Å²) in [6.07, 6.45) is 0. The van der Waals surface area contributed by atoms with Crippen LogP contribution in [0.15, 0.2) is 84.0 Å². The van der Waals surface area contributed by atoms with Crippen molar-refractivity contribution >= 4 is 23.4 Å². The Morgan fingerprint density at radius 3 is 2.47 bits per heavy atom. The number of benzene rings is 3. The Morgan fingerprint density at radius 1 is 1.03 bits per heavy atom. The zero-order chi connectivity index (χ0) is 23.5. The molecule has 3 aromatic carbocycles. The van der Waals surface area contributed by atoms with E-state index in [9.17, 15) is 4.79 Å². The van der Waals surface area contributed by atoms with E-state index >= 15 is 0 Å². The Bertz CT molecular complexity index is 1270. The molecule has 1 aliphatic rings. The van der Waals surface area contributed by atoms with Crippen LogP contribution in [-0.4, -0.2) is 32.6 Å². The number of ether oxygens (including phenoxy) is 1. The highest BCUT2D eigenvalue weighted by Gasteiger charge is 2.38. The number of rotatable bonds is 6. The molecule has 7 nitrogen and oxygen atoms in total. The third-order valence-electron chi connectivity index (χ3n) is 5.60. The highest BCUT2D eigenvalue weighted by Crippen LogP contribution is 2.39. The van der Waals surface area contributed by atoms with Crippen molar-refractivity contribution in [3.05, 3.63) is 90.0 Å². The number of nitrogens with one attached hydrogen (secondary N) is 2. The van der Waals surface area contributed by atoms with E-state index in [4.69, 9.17) is 4.74 Å². The lowest BCUT2D eigenvalue weighted by molar-refractivity contribution is -0.116. The molecule has 1 aromatic heterocycles. The molecule has 1 amide bonds. The van der Waals surface area contributed by atoms with Crippen molar-refractivity contribution < 1.29 is 9.53 Å². The predicted molar refractivity (Wildman–Crippen MR) is 135 cm³/mol. The lowest BCUT2D eigenvalue weighted by Gasteiger charge is -2.33. The summed E-state index contributed by atoms with van der Waals surface area (Å²) in [4.78, 5) is 13.4. The largest absolute Gasteiger partial charge is 0.494 e. The summed E-state index contributed by atoms with van der Waals surface area (Å²) in [7, 11) is 0. The van der Waals surface area contributed by atoms with Crippen LogP contribution in [0.4, 0.5) is 5.69 Å². The second-order valence-corrected chi connectivity index (χ2v) is 9.12. The zero-order valence-electron chi connectivity index (χ0n) is 18.9. The SMILES string of the molecule is CCOc1ccc([C@@H]2Nn3c(nnc3-c3ccccc3)S[C@@H]2C(=O)Nc2ccc(C)cc2)cc1. The van der Waals surface area contributed by atoms with Crippen LogP contribution in [0.3, 0.4) is 0 Å². The third-order valence-corrected chi connectivity index (χ3v) is 6.81. The average Bonchev–Trinajstić information content (AvgIpc) is 3.29. The molecular weight excluding hydrogens is 446 g/mol. The van der Waals surface area contributed by atoms with E-state index in [-0.39, 0.29) is 11.9 Å². The first kappa shape index (κ1) is 22.0. The van der Waals surface area contributed by atoms with Crippen molar-refractivity contribution in [1.82, 2.24) is 14.9 Å². The number of aromatic nitrogens is 3. The molecule has 1 aliphatic heterocycles. The van der Waals surface area contributed by atoms with E-state index in [1.165, 1.54) is 11.8 Å². The van der Waals surface area contributed by atoms with Crippen LogP contribution in [0.5, 0.6) is 5.75 Å². The van der Waals surface area contributed by atoms with Crippen LogP contribution in [-0.2, 0) is 4.79 Å². The minimum absolute atomic E-state index is 0.101. The summed E-state index contributed by atoms with van der Waals surface area (Å²) in [5, 5.41) is 12.0. The summed E-state index contributed by atoms with van der Waals surface area (Å²) < 4.78 is 7.47. The number of hydrogen-bond acceptors (Lipinski definition) is 6. The van der Waals surface area contributed by atoms with Crippen LogP contribution in [0.25, 0.3) is 11.4 Å². The Hall–Kier alpha value is -3.78. The molecule has 0 saturated heterocycles. The van der Waals surface area contributed by atoms with Gasteiger partial charge in [0, 0.05) is 11.3 Å². The van der Waals surface area contributed by atoms with Gasteiger partial charge in [-0.15, -0.1) is 10.2 Å². The molecule has 2 atom stereocenters. The molecule has 5 rings (SSSR count). The Balaban J connectivity index is 1.49. The lowest BCUT2D eigenvalue weighted by atomic mass is 10.0. The van der Waals surface area contributed by atoms with Gasteiger partial charge in [-0.2, -0.15) is 0 Å². The maximum atomic E-state index is 13.4. The summed E-state index contributed by atoms with van der Waals surface area (Å²) in [6, 6.07) is 25.2. The minimum Gasteiger partial charge on any atom is -0.494 e. The van der Waals surface area contributed by atoms with Gasteiger partial charge in [0.1, 0.15) is 11.0 Å². The summed E-state index contributed by atoms with van der Waals surface area (Å²) in [5.41, 5.74) is 7.33. The smallest absolute Gasteiger partial charge is 0.240 e. The fraction of sp³-hybridized carbons (Fsp3) is 0.192. The summed E-state index contributed by atoms with van der Waals surface area (Å²) >= 11 is 1.40. The Kier molecular flexibility index (Phi) is 6.22. The Labute approximate surface area is 202 Å². The monoisotopic (exact) mass is 471 g/mol. The zero-order valence-corrected chi connectivity index (χ0v) is 19.8. The molecule has 0 unspecified atom stereocenters. The van der Waals surface area contributed by atoms with Gasteiger partial charge in [-0.3, -0.25) is 4.79 Å².